The number of carboxylic acid groups (broad SMARTS) is 1. The summed E-state index contributed by atoms with van der Waals surface area (Å²) in [6, 6.07) is 11.6. The van der Waals surface area contributed by atoms with Gasteiger partial charge < -0.3 is 36.1 Å². The fourth-order valence-electron chi connectivity index (χ4n) is 3.81. The minimum absolute atomic E-state index is 0.0897. The molecule has 2 aromatic carbocycles. The Bertz CT molecular complexity index is 1060. The number of nitrogens with one attached hydrogen (secondary N) is 1. The van der Waals surface area contributed by atoms with E-state index >= 15 is 0 Å². The van der Waals surface area contributed by atoms with Crippen molar-refractivity contribution in [1.29, 1.82) is 0 Å². The number of benzene rings is 2. The highest BCUT2D eigenvalue weighted by Gasteiger charge is 2.30. The van der Waals surface area contributed by atoms with E-state index in [1.165, 1.54) is 36.4 Å². The van der Waals surface area contributed by atoms with Crippen LogP contribution in [-0.2, 0) is 20.7 Å². The molecule has 0 bridgehead atoms. The summed E-state index contributed by atoms with van der Waals surface area (Å²) >= 11 is 0. The van der Waals surface area contributed by atoms with Crippen LogP contribution < -0.4 is 11.1 Å². The van der Waals surface area contributed by atoms with Gasteiger partial charge in [0.05, 0.1) is 6.10 Å². The van der Waals surface area contributed by atoms with Gasteiger partial charge in [0.15, 0.2) is 5.84 Å². The zero-order valence-electron chi connectivity index (χ0n) is 19.0. The molecule has 0 aromatic heterocycles. The Hall–Kier alpha value is -4.12. The number of amidine groups is 1. The highest BCUT2D eigenvalue weighted by molar-refractivity contribution is 6.00. The molecule has 2 amide bonds. The van der Waals surface area contributed by atoms with Crippen molar-refractivity contribution < 1.29 is 34.5 Å². The molecule has 1 aliphatic rings. The van der Waals surface area contributed by atoms with Crippen molar-refractivity contribution in [2.75, 3.05) is 19.7 Å². The molecular formula is C24H28N4O7. The summed E-state index contributed by atoms with van der Waals surface area (Å²) in [4.78, 5) is 38.6. The molecule has 1 aliphatic heterocycles. The first-order valence-electron chi connectivity index (χ1n) is 11.1. The number of carbonyl (C=O) groups is 3. The Kier molecular flexibility index (Phi) is 8.63. The molecule has 0 radical (unpaired) electrons. The maximum atomic E-state index is 13.4. The molecular weight excluding hydrogens is 456 g/mol. The minimum Gasteiger partial charge on any atom is -0.508 e. The number of nitrogens with two attached hydrogens (primary N) is 1. The number of phenols is 1. The van der Waals surface area contributed by atoms with Crippen molar-refractivity contribution in [1.82, 2.24) is 10.2 Å². The summed E-state index contributed by atoms with van der Waals surface area (Å²) in [7, 11) is 0. The molecule has 35 heavy (non-hydrogen) atoms. The Morgan fingerprint density at radius 3 is 2.23 bits per heavy atom. The molecule has 1 fully saturated rings. The van der Waals surface area contributed by atoms with Gasteiger partial charge in [-0.3, -0.25) is 9.59 Å². The van der Waals surface area contributed by atoms with Crippen LogP contribution in [-0.4, -0.2) is 75.8 Å². The topological polar surface area (TPSA) is 175 Å². The number of carboxylic acids is 1. The number of amides is 2. The molecule has 0 spiro atoms. The van der Waals surface area contributed by atoms with Gasteiger partial charge >= 0.3 is 5.97 Å². The van der Waals surface area contributed by atoms with Gasteiger partial charge in [0.2, 0.25) is 5.91 Å². The fourth-order valence-corrected chi connectivity index (χ4v) is 3.81. The number of hydrogen-bond acceptors (Lipinski definition) is 7. The third-order valence-electron chi connectivity index (χ3n) is 5.73. The van der Waals surface area contributed by atoms with Crippen LogP contribution in [0.5, 0.6) is 5.75 Å². The first-order chi connectivity index (χ1) is 16.8. The lowest BCUT2D eigenvalue weighted by Crippen LogP contribution is -2.52. The fraction of sp³-hybridized carbons (Fsp3) is 0.333. The Morgan fingerprint density at radius 1 is 1.06 bits per heavy atom. The minimum atomic E-state index is -1.04. The average Bonchev–Trinajstić information content (AvgIpc) is 2.87. The molecule has 0 saturated carbocycles. The predicted molar refractivity (Wildman–Crippen MR) is 125 cm³/mol. The second-order valence-electron chi connectivity index (χ2n) is 8.19. The highest BCUT2D eigenvalue weighted by atomic mass is 16.5. The van der Waals surface area contributed by atoms with E-state index in [9.17, 15) is 19.5 Å². The molecule has 0 unspecified atom stereocenters. The number of rotatable bonds is 9. The third kappa shape index (κ3) is 7.18. The number of phenolic OH excluding ortho intramolecular Hbond substituents is 1. The molecule has 186 valence electrons. The summed E-state index contributed by atoms with van der Waals surface area (Å²) in [5, 5.41) is 32.8. The van der Waals surface area contributed by atoms with Crippen LogP contribution in [0.3, 0.4) is 0 Å². The zero-order chi connectivity index (χ0) is 25.4. The molecule has 3 rings (SSSR count). The number of aromatic hydroxyl groups is 1. The number of nitrogens with zero attached hydrogens (tertiary/aromatic N) is 2. The lowest BCUT2D eigenvalue weighted by Gasteiger charge is -2.34. The molecule has 1 saturated heterocycles. The molecule has 2 aromatic rings. The van der Waals surface area contributed by atoms with Gasteiger partial charge in [-0.2, -0.15) is 0 Å². The van der Waals surface area contributed by atoms with Crippen LogP contribution in [0.2, 0.25) is 0 Å². The van der Waals surface area contributed by atoms with Crippen LogP contribution in [0.4, 0.5) is 0 Å². The summed E-state index contributed by atoms with van der Waals surface area (Å²) in [6.45, 7) is 0.367. The number of carbonyl (C=O) groups excluding carboxylic acids is 2. The summed E-state index contributed by atoms with van der Waals surface area (Å²) in [5.41, 5.74) is 7.04. The van der Waals surface area contributed by atoms with Crippen LogP contribution in [0.25, 0.3) is 0 Å². The van der Waals surface area contributed by atoms with E-state index in [2.05, 4.69) is 10.5 Å². The number of oxime groups is 1. The molecule has 0 aliphatic carbocycles. The van der Waals surface area contributed by atoms with Crippen LogP contribution >= 0.6 is 0 Å². The number of likely N-dealkylation sites (tertiary alicyclic amines) is 1. The second kappa shape index (κ2) is 11.8. The predicted octanol–water partition coefficient (Wildman–Crippen LogP) is 0.920. The largest absolute Gasteiger partial charge is 0.508 e. The number of hydrogen-bond donors (Lipinski definition) is 5. The SMILES string of the molecule is N/C(=N\O)c1ccc(C(=O)N[C@@H](Cc2ccc(O)cc2)C(=O)N2CCC(OCC(=O)O)CC2)cc1. The number of piperidine rings is 1. The first kappa shape index (κ1) is 25.5. The molecule has 11 heteroatoms. The van der Waals surface area contributed by atoms with Crippen molar-refractivity contribution in [3.8, 4) is 5.75 Å². The second-order valence-corrected chi connectivity index (χ2v) is 8.19. The molecule has 6 N–H and O–H groups in total. The van der Waals surface area contributed by atoms with Crippen molar-refractivity contribution in [2.24, 2.45) is 10.9 Å². The van der Waals surface area contributed by atoms with E-state index in [1.54, 1.807) is 17.0 Å². The van der Waals surface area contributed by atoms with Crippen LogP contribution in [0, 0.1) is 0 Å². The molecule has 11 nitrogen and oxygen atoms in total. The maximum absolute atomic E-state index is 13.4. The Balaban J connectivity index is 1.71. The quantitative estimate of drug-likeness (QED) is 0.151. The Morgan fingerprint density at radius 2 is 1.66 bits per heavy atom. The smallest absolute Gasteiger partial charge is 0.329 e. The number of ether oxygens (including phenoxy) is 1. The highest BCUT2D eigenvalue weighted by Crippen LogP contribution is 2.17. The first-order valence-corrected chi connectivity index (χ1v) is 11.1. The Labute approximate surface area is 201 Å². The summed E-state index contributed by atoms with van der Waals surface area (Å²) in [6.07, 6.45) is 0.957. The van der Waals surface area contributed by atoms with E-state index in [0.29, 0.717) is 37.1 Å². The standard InChI is InChI=1S/C24H28N4O7/c25-22(27-34)16-3-5-17(6-4-16)23(32)26-20(13-15-1-7-18(29)8-2-15)24(33)28-11-9-19(10-12-28)35-14-21(30)31/h1-8,19-20,29,34H,9-14H2,(H2,25,27)(H,26,32)(H,30,31)/t20-/m0/s1. The normalized spacial score (nSPS) is 15.4. The monoisotopic (exact) mass is 484 g/mol. The van der Waals surface area contributed by atoms with Crippen molar-refractivity contribution in [3.05, 3.63) is 65.2 Å². The maximum Gasteiger partial charge on any atom is 0.329 e. The van der Waals surface area contributed by atoms with E-state index in [1.807, 2.05) is 0 Å². The lowest BCUT2D eigenvalue weighted by molar-refractivity contribution is -0.147. The van der Waals surface area contributed by atoms with Crippen LogP contribution in [0.15, 0.2) is 53.7 Å². The number of aliphatic carboxylic acids is 1. The van der Waals surface area contributed by atoms with Gasteiger partial charge in [0.25, 0.3) is 5.91 Å². The van der Waals surface area contributed by atoms with Gasteiger partial charge in [0, 0.05) is 30.6 Å². The van der Waals surface area contributed by atoms with E-state index < -0.39 is 17.9 Å². The zero-order valence-corrected chi connectivity index (χ0v) is 19.0. The lowest BCUT2D eigenvalue weighted by atomic mass is 10.0. The van der Waals surface area contributed by atoms with Gasteiger partial charge in [-0.25, -0.2) is 4.79 Å². The van der Waals surface area contributed by atoms with E-state index in [4.69, 9.17) is 20.8 Å². The molecule has 1 heterocycles. The van der Waals surface area contributed by atoms with E-state index in [0.717, 1.165) is 5.56 Å². The van der Waals surface area contributed by atoms with Gasteiger partial charge in [-0.05, 0) is 42.7 Å². The summed E-state index contributed by atoms with van der Waals surface area (Å²) in [5.74, 6) is -1.77. The average molecular weight is 485 g/mol. The van der Waals surface area contributed by atoms with Gasteiger partial charge in [-0.15, -0.1) is 0 Å². The van der Waals surface area contributed by atoms with Crippen LogP contribution in [0.1, 0.15) is 34.3 Å². The van der Waals surface area contributed by atoms with Crippen molar-refractivity contribution in [2.45, 2.75) is 31.4 Å². The van der Waals surface area contributed by atoms with Crippen molar-refractivity contribution >= 4 is 23.6 Å². The summed E-state index contributed by atoms with van der Waals surface area (Å²) < 4.78 is 5.33. The van der Waals surface area contributed by atoms with Gasteiger partial charge in [-0.1, -0.05) is 29.4 Å². The van der Waals surface area contributed by atoms with Gasteiger partial charge in [0.1, 0.15) is 18.4 Å². The van der Waals surface area contributed by atoms with E-state index in [-0.39, 0.29) is 36.6 Å². The molecule has 1 atom stereocenters. The van der Waals surface area contributed by atoms with Crippen molar-refractivity contribution in [3.63, 3.8) is 0 Å². The third-order valence-corrected chi connectivity index (χ3v) is 5.73.